The van der Waals surface area contributed by atoms with Crippen molar-refractivity contribution in [3.05, 3.63) is 40.2 Å². The molecule has 0 spiro atoms. The molecule has 2 aromatic rings. The van der Waals surface area contributed by atoms with Gasteiger partial charge in [-0.2, -0.15) is 5.10 Å². The smallest absolute Gasteiger partial charge is 0.118 e. The highest BCUT2D eigenvalue weighted by Gasteiger charge is 2.10. The molecular weight excluding hydrogens is 238 g/mol. The Morgan fingerprint density at radius 3 is 2.42 bits per heavy atom. The number of hydrogen-bond acceptors (Lipinski definition) is 3. The lowest BCUT2D eigenvalue weighted by molar-refractivity contribution is 0.471. The van der Waals surface area contributed by atoms with Crippen molar-refractivity contribution < 1.29 is 5.11 Å². The third kappa shape index (κ3) is 2.57. The molecule has 0 unspecified atom stereocenters. The van der Waals surface area contributed by atoms with Gasteiger partial charge in [0.05, 0.1) is 5.69 Å². The van der Waals surface area contributed by atoms with Crippen LogP contribution in [0.4, 0.5) is 5.69 Å². The molecule has 0 amide bonds. The predicted octanol–water partition coefficient (Wildman–Crippen LogP) is 2.97. The van der Waals surface area contributed by atoms with Crippen molar-refractivity contribution in [1.82, 2.24) is 9.78 Å². The van der Waals surface area contributed by atoms with E-state index < -0.39 is 0 Å². The molecule has 1 aromatic carbocycles. The zero-order chi connectivity index (χ0) is 14.2. The number of aromatic hydroxyl groups is 1. The first-order chi connectivity index (χ1) is 8.90. The molecule has 0 aliphatic rings. The summed E-state index contributed by atoms with van der Waals surface area (Å²) >= 11 is 0. The Labute approximate surface area is 114 Å². The molecule has 19 heavy (non-hydrogen) atoms. The van der Waals surface area contributed by atoms with Gasteiger partial charge in [0.1, 0.15) is 5.75 Å². The summed E-state index contributed by atoms with van der Waals surface area (Å²) in [7, 11) is 1.96. The minimum absolute atomic E-state index is 0.344. The Hall–Kier alpha value is -1.97. The SMILES string of the molecule is Cc1cc(NCc2c(C)nn(C)c2C)c(C)cc1O. The lowest BCUT2D eigenvalue weighted by atomic mass is 10.1. The molecule has 102 valence electrons. The minimum atomic E-state index is 0.344. The number of hydrogen-bond donors (Lipinski definition) is 2. The Kier molecular flexibility index (Phi) is 3.51. The Balaban J connectivity index is 2.21. The summed E-state index contributed by atoms with van der Waals surface area (Å²) < 4.78 is 1.90. The van der Waals surface area contributed by atoms with Gasteiger partial charge in [-0.1, -0.05) is 0 Å². The molecule has 1 aromatic heterocycles. The lowest BCUT2D eigenvalue weighted by Gasteiger charge is -2.12. The number of phenols is 1. The maximum atomic E-state index is 9.66. The molecule has 0 aliphatic carbocycles. The van der Waals surface area contributed by atoms with Gasteiger partial charge in [-0.3, -0.25) is 4.68 Å². The minimum Gasteiger partial charge on any atom is -0.508 e. The molecule has 0 radical (unpaired) electrons. The van der Waals surface area contributed by atoms with Gasteiger partial charge in [-0.05, 0) is 51.0 Å². The predicted molar refractivity (Wildman–Crippen MR) is 77.6 cm³/mol. The topological polar surface area (TPSA) is 50.1 Å². The number of aromatic nitrogens is 2. The number of aryl methyl sites for hydroxylation is 4. The molecule has 0 bridgehead atoms. The van der Waals surface area contributed by atoms with E-state index in [1.54, 1.807) is 6.07 Å². The van der Waals surface area contributed by atoms with E-state index in [1.807, 2.05) is 38.6 Å². The van der Waals surface area contributed by atoms with Crippen LogP contribution in [0.1, 0.15) is 28.1 Å². The maximum absolute atomic E-state index is 9.66. The van der Waals surface area contributed by atoms with Crippen molar-refractivity contribution >= 4 is 5.69 Å². The fraction of sp³-hybridized carbons (Fsp3) is 0.400. The van der Waals surface area contributed by atoms with E-state index in [1.165, 1.54) is 11.3 Å². The summed E-state index contributed by atoms with van der Waals surface area (Å²) in [6.45, 7) is 8.74. The van der Waals surface area contributed by atoms with Crippen molar-refractivity contribution in [2.75, 3.05) is 5.32 Å². The second-order valence-corrected chi connectivity index (χ2v) is 5.08. The van der Waals surface area contributed by atoms with Crippen LogP contribution in [0.25, 0.3) is 0 Å². The molecule has 0 saturated carbocycles. The Morgan fingerprint density at radius 1 is 1.16 bits per heavy atom. The molecule has 0 fully saturated rings. The standard InChI is InChI=1S/C15H21N3O/c1-9-7-15(19)10(2)6-14(9)16-8-13-11(3)17-18(5)12(13)4/h6-7,16,19H,8H2,1-5H3. The number of rotatable bonds is 3. The van der Waals surface area contributed by atoms with Gasteiger partial charge in [-0.25, -0.2) is 0 Å². The first-order valence-corrected chi connectivity index (χ1v) is 6.43. The van der Waals surface area contributed by atoms with Crippen LogP contribution in [0.3, 0.4) is 0 Å². The summed E-state index contributed by atoms with van der Waals surface area (Å²) in [6, 6.07) is 3.77. The molecular formula is C15H21N3O. The van der Waals surface area contributed by atoms with Crippen LogP contribution in [-0.4, -0.2) is 14.9 Å². The number of nitrogens with one attached hydrogen (secondary N) is 1. The van der Waals surface area contributed by atoms with Crippen molar-refractivity contribution in [3.63, 3.8) is 0 Å². The van der Waals surface area contributed by atoms with Gasteiger partial charge in [0.15, 0.2) is 0 Å². The largest absolute Gasteiger partial charge is 0.508 e. The Bertz CT molecular complexity index is 614. The van der Waals surface area contributed by atoms with E-state index in [0.717, 1.165) is 29.1 Å². The van der Waals surface area contributed by atoms with E-state index in [-0.39, 0.29) is 0 Å². The quantitative estimate of drug-likeness (QED) is 0.833. The number of nitrogens with zero attached hydrogens (tertiary/aromatic N) is 2. The van der Waals surface area contributed by atoms with Crippen LogP contribution in [0, 0.1) is 27.7 Å². The highest BCUT2D eigenvalue weighted by Crippen LogP contribution is 2.25. The summed E-state index contributed by atoms with van der Waals surface area (Å²) in [5, 5.41) is 17.5. The zero-order valence-electron chi connectivity index (χ0n) is 12.2. The number of benzene rings is 1. The van der Waals surface area contributed by atoms with Crippen molar-refractivity contribution in [1.29, 1.82) is 0 Å². The fourth-order valence-electron chi connectivity index (χ4n) is 2.25. The molecule has 0 aliphatic heterocycles. The van der Waals surface area contributed by atoms with Gasteiger partial charge in [-0.15, -0.1) is 0 Å². The van der Waals surface area contributed by atoms with Crippen molar-refractivity contribution in [2.45, 2.75) is 34.2 Å². The van der Waals surface area contributed by atoms with Gasteiger partial charge in [0.2, 0.25) is 0 Å². The molecule has 0 saturated heterocycles. The molecule has 4 heteroatoms. The normalized spacial score (nSPS) is 10.8. The third-order valence-corrected chi connectivity index (χ3v) is 3.66. The van der Waals surface area contributed by atoms with Crippen LogP contribution in [0.15, 0.2) is 12.1 Å². The van der Waals surface area contributed by atoms with E-state index in [9.17, 15) is 5.11 Å². The maximum Gasteiger partial charge on any atom is 0.118 e. The van der Waals surface area contributed by atoms with Gasteiger partial charge in [0, 0.05) is 30.5 Å². The van der Waals surface area contributed by atoms with Gasteiger partial charge in [0.25, 0.3) is 0 Å². The van der Waals surface area contributed by atoms with E-state index in [0.29, 0.717) is 5.75 Å². The van der Waals surface area contributed by atoms with Crippen LogP contribution >= 0.6 is 0 Å². The second-order valence-electron chi connectivity index (χ2n) is 5.08. The fourth-order valence-corrected chi connectivity index (χ4v) is 2.25. The average molecular weight is 259 g/mol. The van der Waals surface area contributed by atoms with Gasteiger partial charge < -0.3 is 10.4 Å². The van der Waals surface area contributed by atoms with E-state index >= 15 is 0 Å². The van der Waals surface area contributed by atoms with E-state index in [2.05, 4.69) is 17.3 Å². The molecule has 0 atom stereocenters. The molecule has 2 N–H and O–H groups in total. The van der Waals surface area contributed by atoms with Crippen molar-refractivity contribution in [3.8, 4) is 5.75 Å². The average Bonchev–Trinajstić information content (AvgIpc) is 2.57. The first kappa shape index (κ1) is 13.5. The summed E-state index contributed by atoms with van der Waals surface area (Å²) in [4.78, 5) is 0. The van der Waals surface area contributed by atoms with Crippen LogP contribution < -0.4 is 5.32 Å². The van der Waals surface area contributed by atoms with Crippen LogP contribution in [0.2, 0.25) is 0 Å². The molecule has 4 nitrogen and oxygen atoms in total. The number of phenolic OH excluding ortho intramolecular Hbond substituents is 1. The second kappa shape index (κ2) is 4.96. The lowest BCUT2D eigenvalue weighted by Crippen LogP contribution is -2.04. The first-order valence-electron chi connectivity index (χ1n) is 6.43. The summed E-state index contributed by atoms with van der Waals surface area (Å²) in [5.41, 5.74) is 6.44. The number of anilines is 1. The highest BCUT2D eigenvalue weighted by molar-refractivity contribution is 5.57. The van der Waals surface area contributed by atoms with Crippen molar-refractivity contribution in [2.24, 2.45) is 7.05 Å². The summed E-state index contributed by atoms with van der Waals surface area (Å²) in [5.74, 6) is 0.344. The Morgan fingerprint density at radius 2 is 1.84 bits per heavy atom. The zero-order valence-corrected chi connectivity index (χ0v) is 12.2. The van der Waals surface area contributed by atoms with Crippen LogP contribution in [0.5, 0.6) is 5.75 Å². The van der Waals surface area contributed by atoms with Gasteiger partial charge >= 0.3 is 0 Å². The molecule has 2 rings (SSSR count). The highest BCUT2D eigenvalue weighted by atomic mass is 16.3. The van der Waals surface area contributed by atoms with E-state index in [4.69, 9.17) is 0 Å². The van der Waals surface area contributed by atoms with Crippen LogP contribution in [-0.2, 0) is 13.6 Å². The monoisotopic (exact) mass is 259 g/mol. The molecule has 1 heterocycles. The third-order valence-electron chi connectivity index (χ3n) is 3.66. The summed E-state index contributed by atoms with van der Waals surface area (Å²) in [6.07, 6.45) is 0.